The molecule has 0 saturated heterocycles. The molecule has 0 aromatic carbocycles. The largest absolute Gasteiger partial charge is 0.451 e. The Hall–Kier alpha value is -0.860. The third-order valence-electron chi connectivity index (χ3n) is 2.99. The lowest BCUT2D eigenvalue weighted by Crippen LogP contribution is -2.55. The molecule has 3 heteroatoms. The minimum absolute atomic E-state index is 0.125. The average Bonchev–Trinajstić information content (AvgIpc) is 2.28. The quantitative estimate of drug-likeness (QED) is 0.550. The van der Waals surface area contributed by atoms with Gasteiger partial charge in [0.15, 0.2) is 11.4 Å². The number of hydrogen-bond donors (Lipinski definition) is 0. The van der Waals surface area contributed by atoms with E-state index in [2.05, 4.69) is 0 Å². The van der Waals surface area contributed by atoms with E-state index in [9.17, 15) is 9.59 Å². The number of carbonyl (C=O) groups excluding carboxylic acids is 2. The fourth-order valence-corrected chi connectivity index (χ4v) is 2.40. The predicted octanol–water partition coefficient (Wildman–Crippen LogP) is 1.06. The van der Waals surface area contributed by atoms with Crippen molar-refractivity contribution in [3.8, 4) is 0 Å². The van der Waals surface area contributed by atoms with Crippen LogP contribution in [0.25, 0.3) is 0 Å². The van der Waals surface area contributed by atoms with Crippen LogP contribution in [0.3, 0.4) is 0 Å². The average molecular weight is 168 g/mol. The van der Waals surface area contributed by atoms with Gasteiger partial charge in [-0.2, -0.15) is 0 Å². The minimum Gasteiger partial charge on any atom is -0.451 e. The lowest BCUT2D eigenvalue weighted by molar-refractivity contribution is -0.182. The molecule has 0 heterocycles. The fourth-order valence-electron chi connectivity index (χ4n) is 2.40. The summed E-state index contributed by atoms with van der Waals surface area (Å²) in [6, 6.07) is 0. The molecule has 2 saturated carbocycles. The van der Waals surface area contributed by atoms with Gasteiger partial charge in [-0.1, -0.05) is 0 Å². The third-order valence-corrected chi connectivity index (χ3v) is 2.99. The molecule has 2 aliphatic rings. The van der Waals surface area contributed by atoms with Crippen molar-refractivity contribution in [3.05, 3.63) is 0 Å². The Morgan fingerprint density at radius 1 is 1.67 bits per heavy atom. The summed E-state index contributed by atoms with van der Waals surface area (Å²) in [5, 5.41) is 0. The molecule has 2 aliphatic carbocycles. The maximum absolute atomic E-state index is 11.3. The van der Waals surface area contributed by atoms with Gasteiger partial charge < -0.3 is 4.74 Å². The SMILES string of the molecule is CC(=O)OC12CCCC1CC2=O. The molecule has 0 aromatic rings. The first-order valence-corrected chi connectivity index (χ1v) is 4.38. The molecule has 3 nitrogen and oxygen atoms in total. The Balaban J connectivity index is 2.16. The van der Waals surface area contributed by atoms with E-state index in [1.807, 2.05) is 0 Å². The molecule has 0 amide bonds. The Bertz CT molecular complexity index is 246. The molecule has 0 bridgehead atoms. The van der Waals surface area contributed by atoms with Crippen molar-refractivity contribution in [2.45, 2.75) is 38.2 Å². The number of rotatable bonds is 1. The van der Waals surface area contributed by atoms with Gasteiger partial charge in [0, 0.05) is 19.3 Å². The summed E-state index contributed by atoms with van der Waals surface area (Å²) >= 11 is 0. The number of carbonyl (C=O) groups is 2. The highest BCUT2D eigenvalue weighted by Gasteiger charge is 2.59. The zero-order valence-corrected chi connectivity index (χ0v) is 7.13. The van der Waals surface area contributed by atoms with Crippen LogP contribution in [0.4, 0.5) is 0 Å². The van der Waals surface area contributed by atoms with Crippen LogP contribution in [0.2, 0.25) is 0 Å². The summed E-state index contributed by atoms with van der Waals surface area (Å²) in [4.78, 5) is 22.0. The molecule has 2 atom stereocenters. The van der Waals surface area contributed by atoms with Crippen LogP contribution in [0.5, 0.6) is 0 Å². The molecule has 0 spiro atoms. The van der Waals surface area contributed by atoms with Crippen molar-refractivity contribution in [1.29, 1.82) is 0 Å². The van der Waals surface area contributed by atoms with Gasteiger partial charge in [-0.05, 0) is 19.3 Å². The maximum Gasteiger partial charge on any atom is 0.303 e. The van der Waals surface area contributed by atoms with Gasteiger partial charge in [0.05, 0.1) is 0 Å². The second-order valence-electron chi connectivity index (χ2n) is 3.70. The molecule has 2 rings (SSSR count). The van der Waals surface area contributed by atoms with Gasteiger partial charge >= 0.3 is 5.97 Å². The fraction of sp³-hybridized carbons (Fsp3) is 0.778. The summed E-state index contributed by atoms with van der Waals surface area (Å²) in [5.74, 6) is 0.129. The third kappa shape index (κ3) is 0.822. The van der Waals surface area contributed by atoms with Crippen LogP contribution < -0.4 is 0 Å². The number of Topliss-reactive ketones (excluding diaryl/α,β-unsaturated/α-hetero) is 1. The summed E-state index contributed by atoms with van der Waals surface area (Å²) < 4.78 is 5.12. The van der Waals surface area contributed by atoms with Crippen LogP contribution in [0, 0.1) is 5.92 Å². The molecule has 0 N–H and O–H groups in total. The Morgan fingerprint density at radius 3 is 2.92 bits per heavy atom. The van der Waals surface area contributed by atoms with E-state index in [4.69, 9.17) is 4.74 Å². The summed E-state index contributed by atoms with van der Waals surface area (Å²) in [6.45, 7) is 1.37. The first-order chi connectivity index (χ1) is 5.65. The molecule has 0 radical (unpaired) electrons. The Labute approximate surface area is 71.1 Å². The van der Waals surface area contributed by atoms with Crippen LogP contribution in [0.1, 0.15) is 32.6 Å². The standard InChI is InChI=1S/C9H12O3/c1-6(10)12-9-4-2-3-7(9)5-8(9)11/h7H,2-5H2,1H3. The summed E-state index contributed by atoms with van der Waals surface area (Å²) in [7, 11) is 0. The lowest BCUT2D eigenvalue weighted by Gasteiger charge is -2.41. The number of fused-ring (bicyclic) bond motifs is 1. The number of esters is 1. The molecule has 66 valence electrons. The van der Waals surface area contributed by atoms with Crippen molar-refractivity contribution >= 4 is 11.8 Å². The molecular formula is C9H12O3. The van der Waals surface area contributed by atoms with Gasteiger partial charge in [-0.3, -0.25) is 9.59 Å². The van der Waals surface area contributed by atoms with E-state index in [1.165, 1.54) is 6.92 Å². The van der Waals surface area contributed by atoms with E-state index in [1.54, 1.807) is 0 Å². The highest BCUT2D eigenvalue weighted by molar-refractivity contribution is 5.96. The zero-order valence-electron chi connectivity index (χ0n) is 7.13. The first-order valence-electron chi connectivity index (χ1n) is 4.38. The van der Waals surface area contributed by atoms with Crippen LogP contribution >= 0.6 is 0 Å². The summed E-state index contributed by atoms with van der Waals surface area (Å²) in [6.07, 6.45) is 3.42. The highest BCUT2D eigenvalue weighted by atomic mass is 16.6. The van der Waals surface area contributed by atoms with Crippen LogP contribution in [-0.4, -0.2) is 17.4 Å². The molecule has 0 aliphatic heterocycles. The Kier molecular flexibility index (Phi) is 1.50. The second kappa shape index (κ2) is 2.31. The molecule has 2 unspecified atom stereocenters. The molecule has 0 aromatic heterocycles. The first kappa shape index (κ1) is 7.77. The molecule has 2 fully saturated rings. The monoisotopic (exact) mass is 168 g/mol. The minimum atomic E-state index is -0.675. The van der Waals surface area contributed by atoms with Crippen molar-refractivity contribution in [3.63, 3.8) is 0 Å². The number of hydrogen-bond acceptors (Lipinski definition) is 3. The van der Waals surface area contributed by atoms with E-state index in [0.29, 0.717) is 12.3 Å². The van der Waals surface area contributed by atoms with E-state index < -0.39 is 5.60 Å². The van der Waals surface area contributed by atoms with Gasteiger partial charge in [0.1, 0.15) is 0 Å². The zero-order chi connectivity index (χ0) is 8.77. The van der Waals surface area contributed by atoms with Crippen LogP contribution in [-0.2, 0) is 14.3 Å². The van der Waals surface area contributed by atoms with Crippen molar-refractivity contribution < 1.29 is 14.3 Å². The maximum atomic E-state index is 11.3. The van der Waals surface area contributed by atoms with Gasteiger partial charge in [0.2, 0.25) is 0 Å². The van der Waals surface area contributed by atoms with E-state index >= 15 is 0 Å². The van der Waals surface area contributed by atoms with Gasteiger partial charge in [-0.25, -0.2) is 0 Å². The number of ether oxygens (including phenoxy) is 1. The predicted molar refractivity (Wildman–Crippen MR) is 41.5 cm³/mol. The van der Waals surface area contributed by atoms with Crippen molar-refractivity contribution in [2.24, 2.45) is 5.92 Å². The van der Waals surface area contributed by atoms with E-state index in [-0.39, 0.29) is 11.8 Å². The lowest BCUT2D eigenvalue weighted by atomic mass is 9.70. The van der Waals surface area contributed by atoms with Crippen LogP contribution in [0.15, 0.2) is 0 Å². The van der Waals surface area contributed by atoms with Crippen molar-refractivity contribution in [1.82, 2.24) is 0 Å². The normalized spacial score (nSPS) is 38.8. The van der Waals surface area contributed by atoms with Crippen molar-refractivity contribution in [2.75, 3.05) is 0 Å². The van der Waals surface area contributed by atoms with E-state index in [0.717, 1.165) is 19.3 Å². The Morgan fingerprint density at radius 2 is 2.42 bits per heavy atom. The second-order valence-corrected chi connectivity index (χ2v) is 3.70. The summed E-state index contributed by atoms with van der Waals surface area (Å²) in [5.41, 5.74) is -0.675. The molecule has 12 heavy (non-hydrogen) atoms. The number of ketones is 1. The topological polar surface area (TPSA) is 43.4 Å². The smallest absolute Gasteiger partial charge is 0.303 e. The van der Waals surface area contributed by atoms with Gasteiger partial charge in [0.25, 0.3) is 0 Å². The van der Waals surface area contributed by atoms with Gasteiger partial charge in [-0.15, -0.1) is 0 Å². The highest BCUT2D eigenvalue weighted by Crippen LogP contribution is 2.50. The molecular weight excluding hydrogens is 156 g/mol.